The second-order valence-electron chi connectivity index (χ2n) is 7.56. The van der Waals surface area contributed by atoms with Gasteiger partial charge in [-0.1, -0.05) is 19.1 Å². The van der Waals surface area contributed by atoms with Crippen LogP contribution in [-0.4, -0.2) is 26.8 Å². The van der Waals surface area contributed by atoms with E-state index < -0.39 is 0 Å². The number of hydrogen-bond donors (Lipinski definition) is 4. The summed E-state index contributed by atoms with van der Waals surface area (Å²) in [6, 6.07) is 15.0. The van der Waals surface area contributed by atoms with Gasteiger partial charge in [0.1, 0.15) is 11.3 Å². The standard InChI is InChI=1S/C24H23N7OS2/c1-2-26-12-15-9-10-31-19(13-27-21(31)11-15)18-14-33-24(29-18)30-22-8-7-20(34-22)23(32)28-17-6-4-3-5-16(17)25/h3-11,13-14,26H,2,12,25H2,1H3,(H,28,32)(H,29,30). The number of aromatic nitrogens is 3. The zero-order valence-corrected chi connectivity index (χ0v) is 20.0. The van der Waals surface area contributed by atoms with Gasteiger partial charge in [-0.15, -0.1) is 22.7 Å². The Kier molecular flexibility index (Phi) is 6.26. The molecule has 0 spiro atoms. The van der Waals surface area contributed by atoms with Gasteiger partial charge < -0.3 is 21.7 Å². The molecule has 0 fully saturated rings. The van der Waals surface area contributed by atoms with Crippen LogP contribution in [0, 0.1) is 0 Å². The number of carbonyl (C=O) groups excluding carboxylic acids is 1. The van der Waals surface area contributed by atoms with E-state index in [1.54, 1.807) is 18.2 Å². The van der Waals surface area contributed by atoms with Crippen molar-refractivity contribution in [2.45, 2.75) is 13.5 Å². The highest BCUT2D eigenvalue weighted by Crippen LogP contribution is 2.31. The largest absolute Gasteiger partial charge is 0.397 e. The Morgan fingerprint density at radius 2 is 2.06 bits per heavy atom. The van der Waals surface area contributed by atoms with E-state index in [1.165, 1.54) is 28.2 Å². The second-order valence-corrected chi connectivity index (χ2v) is 9.50. The van der Waals surface area contributed by atoms with Crippen LogP contribution >= 0.6 is 22.7 Å². The van der Waals surface area contributed by atoms with Crippen LogP contribution in [0.1, 0.15) is 22.2 Å². The van der Waals surface area contributed by atoms with Crippen molar-refractivity contribution in [3.8, 4) is 11.4 Å². The first kappa shape index (κ1) is 22.1. The minimum Gasteiger partial charge on any atom is -0.397 e. The first-order valence-corrected chi connectivity index (χ1v) is 12.5. The summed E-state index contributed by atoms with van der Waals surface area (Å²) in [6.45, 7) is 3.84. The quantitative estimate of drug-likeness (QED) is 0.223. The van der Waals surface area contributed by atoms with E-state index >= 15 is 0 Å². The molecule has 0 aliphatic rings. The third-order valence-corrected chi connectivity index (χ3v) is 6.95. The van der Waals surface area contributed by atoms with Crippen LogP contribution in [0.4, 0.5) is 21.5 Å². The van der Waals surface area contributed by atoms with E-state index in [-0.39, 0.29) is 5.91 Å². The van der Waals surface area contributed by atoms with Crippen molar-refractivity contribution < 1.29 is 4.79 Å². The van der Waals surface area contributed by atoms with E-state index in [4.69, 9.17) is 10.7 Å². The minimum atomic E-state index is -0.199. The maximum Gasteiger partial charge on any atom is 0.265 e. The van der Waals surface area contributed by atoms with Crippen LogP contribution in [0.5, 0.6) is 0 Å². The summed E-state index contributed by atoms with van der Waals surface area (Å²) in [7, 11) is 0. The number of benzene rings is 1. The molecule has 5 N–H and O–H groups in total. The number of nitrogens with zero attached hydrogens (tertiary/aromatic N) is 3. The monoisotopic (exact) mass is 489 g/mol. The lowest BCUT2D eigenvalue weighted by atomic mass is 10.2. The van der Waals surface area contributed by atoms with E-state index in [0.29, 0.717) is 16.3 Å². The summed E-state index contributed by atoms with van der Waals surface area (Å²) in [5, 5.41) is 13.1. The average molecular weight is 490 g/mol. The SMILES string of the molecule is CCNCc1ccn2c(-c3csc(Nc4ccc(C(=O)Nc5ccccc5N)s4)n3)cnc2c1. The number of para-hydroxylation sites is 2. The van der Waals surface area contributed by atoms with Gasteiger partial charge in [0.25, 0.3) is 5.91 Å². The summed E-state index contributed by atoms with van der Waals surface area (Å²) in [5.41, 5.74) is 10.9. The molecular weight excluding hydrogens is 466 g/mol. The topological polar surface area (TPSA) is 109 Å². The fraction of sp³-hybridized carbons (Fsp3) is 0.125. The van der Waals surface area contributed by atoms with Crippen LogP contribution in [0.25, 0.3) is 17.0 Å². The predicted molar refractivity (Wildman–Crippen MR) is 140 cm³/mol. The Morgan fingerprint density at radius 3 is 2.91 bits per heavy atom. The predicted octanol–water partition coefficient (Wildman–Crippen LogP) is 5.21. The summed E-state index contributed by atoms with van der Waals surface area (Å²) in [5.74, 6) is -0.199. The minimum absolute atomic E-state index is 0.199. The molecule has 8 nitrogen and oxygen atoms in total. The molecule has 4 aromatic heterocycles. The average Bonchev–Trinajstić information content (AvgIpc) is 3.59. The van der Waals surface area contributed by atoms with E-state index in [1.807, 2.05) is 40.4 Å². The lowest BCUT2D eigenvalue weighted by molar-refractivity contribution is 0.103. The number of thiazole rings is 1. The van der Waals surface area contributed by atoms with Gasteiger partial charge >= 0.3 is 0 Å². The number of hydrogen-bond acceptors (Lipinski definition) is 8. The molecule has 34 heavy (non-hydrogen) atoms. The van der Waals surface area contributed by atoms with Gasteiger partial charge in [-0.2, -0.15) is 0 Å². The molecule has 1 aromatic carbocycles. The molecule has 0 unspecified atom stereocenters. The maximum absolute atomic E-state index is 12.6. The highest BCUT2D eigenvalue weighted by Gasteiger charge is 2.14. The molecular formula is C24H23N7OS2. The number of rotatable bonds is 8. The van der Waals surface area contributed by atoms with Crippen LogP contribution in [-0.2, 0) is 6.54 Å². The molecule has 5 aromatic rings. The van der Waals surface area contributed by atoms with E-state index in [0.717, 1.165) is 40.3 Å². The molecule has 5 rings (SSSR count). The van der Waals surface area contributed by atoms with Gasteiger partial charge in [-0.25, -0.2) is 9.97 Å². The second kappa shape index (κ2) is 9.64. The Balaban J connectivity index is 1.28. The number of fused-ring (bicyclic) bond motifs is 1. The van der Waals surface area contributed by atoms with Gasteiger partial charge in [0.05, 0.1) is 33.1 Å². The Morgan fingerprint density at radius 1 is 1.18 bits per heavy atom. The van der Waals surface area contributed by atoms with E-state index in [2.05, 4.69) is 40.0 Å². The Hall–Kier alpha value is -3.73. The van der Waals surface area contributed by atoms with Crippen LogP contribution in [0.15, 0.2) is 66.3 Å². The molecule has 0 saturated carbocycles. The van der Waals surface area contributed by atoms with Gasteiger partial charge in [0.2, 0.25) is 0 Å². The lowest BCUT2D eigenvalue weighted by Crippen LogP contribution is -2.11. The number of imidazole rings is 1. The number of thiophene rings is 1. The zero-order valence-electron chi connectivity index (χ0n) is 18.4. The van der Waals surface area contributed by atoms with Gasteiger partial charge in [0, 0.05) is 18.1 Å². The fourth-order valence-corrected chi connectivity index (χ4v) is 5.05. The van der Waals surface area contributed by atoms with Crippen molar-refractivity contribution >= 4 is 55.7 Å². The van der Waals surface area contributed by atoms with E-state index in [9.17, 15) is 4.79 Å². The normalized spacial score (nSPS) is 11.1. The third-order valence-electron chi connectivity index (χ3n) is 5.19. The van der Waals surface area contributed by atoms with Crippen molar-refractivity contribution in [3.05, 3.63) is 76.7 Å². The van der Waals surface area contributed by atoms with Crippen molar-refractivity contribution in [3.63, 3.8) is 0 Å². The number of pyridine rings is 1. The molecule has 0 bridgehead atoms. The maximum atomic E-state index is 12.6. The third kappa shape index (κ3) is 4.65. The van der Waals surface area contributed by atoms with Crippen molar-refractivity contribution in [2.24, 2.45) is 0 Å². The highest BCUT2D eigenvalue weighted by atomic mass is 32.1. The highest BCUT2D eigenvalue weighted by molar-refractivity contribution is 7.19. The molecule has 172 valence electrons. The van der Waals surface area contributed by atoms with Crippen molar-refractivity contribution in [1.29, 1.82) is 0 Å². The van der Waals surface area contributed by atoms with Gasteiger partial charge in [-0.05, 0) is 48.5 Å². The van der Waals surface area contributed by atoms with Crippen LogP contribution in [0.2, 0.25) is 0 Å². The molecule has 0 atom stereocenters. The number of nitrogens with two attached hydrogens (primary N) is 1. The summed E-state index contributed by atoms with van der Waals surface area (Å²) < 4.78 is 2.04. The van der Waals surface area contributed by atoms with Gasteiger partial charge in [0.15, 0.2) is 5.13 Å². The molecule has 0 saturated heterocycles. The summed E-state index contributed by atoms with van der Waals surface area (Å²) in [4.78, 5) is 22.4. The van der Waals surface area contributed by atoms with Crippen molar-refractivity contribution in [2.75, 3.05) is 22.9 Å². The number of nitrogen functional groups attached to an aromatic ring is 1. The molecule has 10 heteroatoms. The number of nitrogens with one attached hydrogen (secondary N) is 3. The first-order valence-electron chi connectivity index (χ1n) is 10.8. The number of anilines is 4. The smallest absolute Gasteiger partial charge is 0.265 e. The van der Waals surface area contributed by atoms with Crippen LogP contribution in [0.3, 0.4) is 0 Å². The number of carbonyl (C=O) groups is 1. The zero-order chi connectivity index (χ0) is 23.5. The van der Waals surface area contributed by atoms with Gasteiger partial charge in [-0.3, -0.25) is 9.20 Å². The molecule has 0 aliphatic carbocycles. The molecule has 0 radical (unpaired) electrons. The fourth-order valence-electron chi connectivity index (χ4n) is 3.47. The van der Waals surface area contributed by atoms with Crippen LogP contribution < -0.4 is 21.7 Å². The lowest BCUT2D eigenvalue weighted by Gasteiger charge is -2.06. The molecule has 4 heterocycles. The summed E-state index contributed by atoms with van der Waals surface area (Å²) in [6.07, 6.45) is 3.87. The Labute approximate surface area is 204 Å². The Bertz CT molecular complexity index is 1450. The molecule has 1 amide bonds. The number of amides is 1. The van der Waals surface area contributed by atoms with Crippen molar-refractivity contribution in [1.82, 2.24) is 19.7 Å². The first-order chi connectivity index (χ1) is 16.6. The summed E-state index contributed by atoms with van der Waals surface area (Å²) >= 11 is 2.86. The molecule has 0 aliphatic heterocycles.